The Hall–Kier alpha value is -2.16. The number of benzene rings is 2. The molecule has 0 fully saturated rings. The molecule has 0 saturated heterocycles. The Morgan fingerprint density at radius 2 is 1.89 bits per heavy atom. The summed E-state index contributed by atoms with van der Waals surface area (Å²) < 4.78 is 18.0. The van der Waals surface area contributed by atoms with E-state index in [1.807, 2.05) is 19.1 Å². The lowest BCUT2D eigenvalue weighted by atomic mass is 10.1. The van der Waals surface area contributed by atoms with E-state index in [-0.39, 0.29) is 12.4 Å². The largest absolute Gasteiger partial charge is 0.457 e. The van der Waals surface area contributed by atoms with E-state index in [2.05, 4.69) is 0 Å². The number of carbonyl (C=O) groups excluding carboxylic acids is 1. The van der Waals surface area contributed by atoms with E-state index < -0.39 is 5.97 Å². The van der Waals surface area contributed by atoms with Crippen LogP contribution in [0, 0.1) is 12.7 Å². The lowest BCUT2D eigenvalue weighted by Crippen LogP contribution is -2.05. The molecule has 0 heterocycles. The number of carbonyl (C=O) groups is 1. The van der Waals surface area contributed by atoms with Crippen LogP contribution in [0.25, 0.3) is 0 Å². The van der Waals surface area contributed by atoms with Crippen LogP contribution in [0.4, 0.5) is 4.39 Å². The number of aryl methyl sites for hydroxylation is 1. The van der Waals surface area contributed by atoms with E-state index in [9.17, 15) is 9.18 Å². The molecule has 2 rings (SSSR count). The predicted molar refractivity (Wildman–Crippen MR) is 66.7 cm³/mol. The molecule has 0 N–H and O–H groups in total. The fourth-order valence-electron chi connectivity index (χ4n) is 1.55. The highest BCUT2D eigenvalue weighted by molar-refractivity contribution is 5.89. The molecule has 0 aromatic heterocycles. The van der Waals surface area contributed by atoms with Gasteiger partial charge in [-0.3, -0.25) is 0 Å². The highest BCUT2D eigenvalue weighted by atomic mass is 19.1. The molecule has 3 heteroatoms. The summed E-state index contributed by atoms with van der Waals surface area (Å²) >= 11 is 0. The van der Waals surface area contributed by atoms with Gasteiger partial charge in [0.25, 0.3) is 0 Å². The topological polar surface area (TPSA) is 26.3 Å². The molecule has 0 saturated carbocycles. The van der Waals surface area contributed by atoms with Crippen LogP contribution in [0.1, 0.15) is 21.5 Å². The smallest absolute Gasteiger partial charge is 0.338 e. The van der Waals surface area contributed by atoms with Crippen molar-refractivity contribution < 1.29 is 13.9 Å². The fraction of sp³-hybridized carbons (Fsp3) is 0.133. The lowest BCUT2D eigenvalue weighted by molar-refractivity contribution is 0.0472. The van der Waals surface area contributed by atoms with Crippen molar-refractivity contribution in [3.05, 3.63) is 71.0 Å². The average Bonchev–Trinajstić information content (AvgIpc) is 2.37. The van der Waals surface area contributed by atoms with Gasteiger partial charge in [-0.05, 0) is 36.8 Å². The summed E-state index contributed by atoms with van der Waals surface area (Å²) in [5, 5.41) is 0. The molecule has 2 aromatic rings. The summed E-state index contributed by atoms with van der Waals surface area (Å²) in [7, 11) is 0. The van der Waals surface area contributed by atoms with Gasteiger partial charge in [0.2, 0.25) is 0 Å². The number of esters is 1. The average molecular weight is 244 g/mol. The number of halogens is 1. The number of hydrogen-bond acceptors (Lipinski definition) is 2. The monoisotopic (exact) mass is 244 g/mol. The Balaban J connectivity index is 1.98. The zero-order valence-corrected chi connectivity index (χ0v) is 10.0. The van der Waals surface area contributed by atoms with Crippen molar-refractivity contribution in [2.24, 2.45) is 0 Å². The molecule has 0 amide bonds. The van der Waals surface area contributed by atoms with E-state index in [1.165, 1.54) is 12.1 Å². The Bertz CT molecular complexity index is 547. The highest BCUT2D eigenvalue weighted by Gasteiger charge is 2.06. The molecule has 0 unspecified atom stereocenters. The minimum atomic E-state index is -0.403. The molecule has 0 aliphatic rings. The van der Waals surface area contributed by atoms with Crippen LogP contribution in [-0.4, -0.2) is 5.97 Å². The lowest BCUT2D eigenvalue weighted by Gasteiger charge is -2.05. The van der Waals surface area contributed by atoms with Crippen molar-refractivity contribution in [2.75, 3.05) is 0 Å². The first-order chi connectivity index (χ1) is 8.65. The van der Waals surface area contributed by atoms with Gasteiger partial charge >= 0.3 is 5.97 Å². The maximum Gasteiger partial charge on any atom is 0.338 e. The van der Waals surface area contributed by atoms with Gasteiger partial charge in [0.15, 0.2) is 0 Å². The summed E-state index contributed by atoms with van der Waals surface area (Å²) in [6.45, 7) is 2.02. The van der Waals surface area contributed by atoms with Gasteiger partial charge in [0.05, 0.1) is 5.56 Å². The third-order valence-corrected chi connectivity index (χ3v) is 2.55. The van der Waals surface area contributed by atoms with Crippen molar-refractivity contribution in [3.8, 4) is 0 Å². The van der Waals surface area contributed by atoms with E-state index in [0.29, 0.717) is 11.1 Å². The zero-order valence-electron chi connectivity index (χ0n) is 10.0. The molecule has 2 nitrogen and oxygen atoms in total. The van der Waals surface area contributed by atoms with Crippen molar-refractivity contribution in [1.82, 2.24) is 0 Å². The van der Waals surface area contributed by atoms with E-state index in [0.717, 1.165) is 5.56 Å². The number of ether oxygens (including phenoxy) is 1. The SMILES string of the molecule is Cc1ccc(C(=O)OCc2cccc(F)c2)cc1. The minimum absolute atomic E-state index is 0.0739. The van der Waals surface area contributed by atoms with E-state index in [1.54, 1.807) is 24.3 Å². The second-order valence-corrected chi connectivity index (χ2v) is 4.07. The van der Waals surface area contributed by atoms with Gasteiger partial charge in [-0.2, -0.15) is 0 Å². The maximum absolute atomic E-state index is 12.9. The molecule has 18 heavy (non-hydrogen) atoms. The Morgan fingerprint density at radius 3 is 2.56 bits per heavy atom. The minimum Gasteiger partial charge on any atom is -0.457 e. The van der Waals surface area contributed by atoms with Crippen molar-refractivity contribution >= 4 is 5.97 Å². The molecule has 0 spiro atoms. The van der Waals surface area contributed by atoms with Crippen molar-refractivity contribution in [3.63, 3.8) is 0 Å². The van der Waals surface area contributed by atoms with Crippen LogP contribution in [-0.2, 0) is 11.3 Å². The van der Waals surface area contributed by atoms with Crippen LogP contribution in [0.3, 0.4) is 0 Å². The summed E-state index contributed by atoms with van der Waals surface area (Å²) in [5.41, 5.74) is 2.21. The summed E-state index contributed by atoms with van der Waals surface area (Å²) in [4.78, 5) is 11.7. The van der Waals surface area contributed by atoms with Crippen LogP contribution < -0.4 is 0 Å². The highest BCUT2D eigenvalue weighted by Crippen LogP contribution is 2.09. The quantitative estimate of drug-likeness (QED) is 0.772. The van der Waals surface area contributed by atoms with Gasteiger partial charge in [-0.1, -0.05) is 29.8 Å². The molecule has 0 aliphatic heterocycles. The van der Waals surface area contributed by atoms with E-state index >= 15 is 0 Å². The second kappa shape index (κ2) is 5.45. The first kappa shape index (κ1) is 12.3. The van der Waals surface area contributed by atoms with Gasteiger partial charge in [-0.25, -0.2) is 9.18 Å². The molecule has 0 atom stereocenters. The van der Waals surface area contributed by atoms with Gasteiger partial charge < -0.3 is 4.74 Å². The molecule has 0 radical (unpaired) electrons. The second-order valence-electron chi connectivity index (χ2n) is 4.07. The normalized spacial score (nSPS) is 10.1. The van der Waals surface area contributed by atoms with Crippen molar-refractivity contribution in [1.29, 1.82) is 0 Å². The zero-order chi connectivity index (χ0) is 13.0. The van der Waals surface area contributed by atoms with Crippen molar-refractivity contribution in [2.45, 2.75) is 13.5 Å². The third kappa shape index (κ3) is 3.17. The Morgan fingerprint density at radius 1 is 1.17 bits per heavy atom. The molecule has 0 bridgehead atoms. The van der Waals surface area contributed by atoms with Gasteiger partial charge in [0, 0.05) is 0 Å². The Labute approximate surface area is 105 Å². The Kier molecular flexibility index (Phi) is 3.72. The first-order valence-corrected chi connectivity index (χ1v) is 5.63. The molecule has 92 valence electrons. The maximum atomic E-state index is 12.9. The molecule has 0 aliphatic carbocycles. The standard InChI is InChI=1S/C15H13FO2/c1-11-5-7-13(8-6-11)15(17)18-10-12-3-2-4-14(16)9-12/h2-9H,10H2,1H3. The fourth-order valence-corrected chi connectivity index (χ4v) is 1.55. The van der Waals surface area contributed by atoms with E-state index in [4.69, 9.17) is 4.74 Å². The van der Waals surface area contributed by atoms with Crippen LogP contribution in [0.5, 0.6) is 0 Å². The number of hydrogen-bond donors (Lipinski definition) is 0. The summed E-state index contributed by atoms with van der Waals surface area (Å²) in [5.74, 6) is -0.738. The van der Waals surface area contributed by atoms with Crippen LogP contribution in [0.15, 0.2) is 48.5 Å². The summed E-state index contributed by atoms with van der Waals surface area (Å²) in [6.07, 6.45) is 0. The van der Waals surface area contributed by atoms with Gasteiger partial charge in [-0.15, -0.1) is 0 Å². The van der Waals surface area contributed by atoms with Gasteiger partial charge in [0.1, 0.15) is 12.4 Å². The molecular weight excluding hydrogens is 231 g/mol. The predicted octanol–water partition coefficient (Wildman–Crippen LogP) is 3.49. The summed E-state index contributed by atoms with van der Waals surface area (Å²) in [6, 6.07) is 13.1. The third-order valence-electron chi connectivity index (χ3n) is 2.55. The molecule has 2 aromatic carbocycles. The number of rotatable bonds is 3. The van der Waals surface area contributed by atoms with Crippen LogP contribution in [0.2, 0.25) is 0 Å². The first-order valence-electron chi connectivity index (χ1n) is 5.63. The van der Waals surface area contributed by atoms with Crippen LogP contribution >= 0.6 is 0 Å². The molecular formula is C15H13FO2.